The molecule has 0 saturated carbocycles. The number of imidazole rings is 1. The van der Waals surface area contributed by atoms with E-state index in [1.165, 1.54) is 4.31 Å². The Labute approximate surface area is 131 Å². The molecule has 1 aliphatic heterocycles. The van der Waals surface area contributed by atoms with Crippen molar-refractivity contribution >= 4 is 10.0 Å². The van der Waals surface area contributed by atoms with Crippen molar-refractivity contribution in [1.82, 2.24) is 18.8 Å². The van der Waals surface area contributed by atoms with Crippen molar-refractivity contribution in [3.8, 4) is 0 Å². The minimum Gasteiger partial charge on any atom is -0.333 e. The second-order valence-electron chi connectivity index (χ2n) is 5.68. The van der Waals surface area contributed by atoms with Gasteiger partial charge in [0, 0.05) is 46.1 Å². The van der Waals surface area contributed by atoms with Gasteiger partial charge in [0.25, 0.3) is 0 Å². The van der Waals surface area contributed by atoms with Gasteiger partial charge in [-0.2, -0.15) is 0 Å². The fraction of sp³-hybridized carbons (Fsp3) is 0.400. The molecule has 7 heteroatoms. The monoisotopic (exact) mass is 320 g/mol. The summed E-state index contributed by atoms with van der Waals surface area (Å²) in [6, 6.07) is 7.17. The van der Waals surface area contributed by atoms with Gasteiger partial charge in [-0.15, -0.1) is 0 Å². The largest absolute Gasteiger partial charge is 0.333 e. The van der Waals surface area contributed by atoms with Crippen molar-refractivity contribution in [2.24, 2.45) is 0 Å². The predicted molar refractivity (Wildman–Crippen MR) is 83.7 cm³/mol. The topological polar surface area (TPSA) is 58.4 Å². The van der Waals surface area contributed by atoms with Crippen LogP contribution in [0.1, 0.15) is 11.4 Å². The first-order valence-electron chi connectivity index (χ1n) is 7.20. The highest BCUT2D eigenvalue weighted by atomic mass is 32.2. The Balaban J connectivity index is 1.77. The molecule has 0 bridgehead atoms. The first-order valence-corrected chi connectivity index (χ1v) is 8.64. The van der Waals surface area contributed by atoms with E-state index in [1.807, 2.05) is 18.5 Å². The van der Waals surface area contributed by atoms with Gasteiger partial charge in [0.2, 0.25) is 10.0 Å². The molecule has 0 unspecified atom stereocenters. The van der Waals surface area contributed by atoms with Crippen molar-refractivity contribution in [1.29, 1.82) is 0 Å². The number of aromatic nitrogens is 2. The molecule has 1 aliphatic rings. The molecule has 118 valence electrons. The molecular weight excluding hydrogens is 300 g/mol. The van der Waals surface area contributed by atoms with Gasteiger partial charge in [-0.3, -0.25) is 4.90 Å². The smallest absolute Gasteiger partial charge is 0.242 e. The van der Waals surface area contributed by atoms with Crippen molar-refractivity contribution in [2.45, 2.75) is 24.5 Å². The standard InChI is InChI=1S/C15H20N4O2S/c1-17(2)22(20,21)14-5-3-4-13(10-14)11-18-8-9-19-7-6-16-15(19)12-18/h3-7,10H,8-9,11-12H2,1-2H3. The van der Waals surface area contributed by atoms with E-state index in [4.69, 9.17) is 0 Å². The minimum absolute atomic E-state index is 0.341. The molecule has 0 amide bonds. The fourth-order valence-electron chi connectivity index (χ4n) is 2.63. The maximum Gasteiger partial charge on any atom is 0.242 e. The van der Waals surface area contributed by atoms with Crippen LogP contribution in [0.25, 0.3) is 0 Å². The average Bonchev–Trinajstić information content (AvgIpc) is 2.95. The summed E-state index contributed by atoms with van der Waals surface area (Å²) >= 11 is 0. The quantitative estimate of drug-likeness (QED) is 0.848. The lowest BCUT2D eigenvalue weighted by atomic mass is 10.2. The van der Waals surface area contributed by atoms with Gasteiger partial charge in [-0.1, -0.05) is 12.1 Å². The second kappa shape index (κ2) is 5.83. The molecule has 0 N–H and O–H groups in total. The third kappa shape index (κ3) is 2.92. The van der Waals surface area contributed by atoms with Crippen molar-refractivity contribution in [3.63, 3.8) is 0 Å². The maximum absolute atomic E-state index is 12.2. The predicted octanol–water partition coefficient (Wildman–Crippen LogP) is 1.15. The summed E-state index contributed by atoms with van der Waals surface area (Å²) in [5.41, 5.74) is 1.00. The molecule has 2 aromatic rings. The number of sulfonamides is 1. The number of rotatable bonds is 4. The Morgan fingerprint density at radius 1 is 1.27 bits per heavy atom. The summed E-state index contributed by atoms with van der Waals surface area (Å²) in [5, 5.41) is 0. The van der Waals surface area contributed by atoms with E-state index >= 15 is 0 Å². The molecule has 0 atom stereocenters. The van der Waals surface area contributed by atoms with Gasteiger partial charge < -0.3 is 4.57 Å². The zero-order chi connectivity index (χ0) is 15.7. The average molecular weight is 320 g/mol. The Morgan fingerprint density at radius 3 is 2.86 bits per heavy atom. The number of nitrogens with zero attached hydrogens (tertiary/aromatic N) is 4. The SMILES string of the molecule is CN(C)S(=O)(=O)c1cccc(CN2CCn3ccnc3C2)c1. The van der Waals surface area contributed by atoms with Crippen LogP contribution in [0, 0.1) is 0 Å². The molecule has 0 aliphatic carbocycles. The second-order valence-corrected chi connectivity index (χ2v) is 7.83. The number of hydrogen-bond acceptors (Lipinski definition) is 4. The molecule has 0 fully saturated rings. The van der Waals surface area contributed by atoms with Gasteiger partial charge in [-0.05, 0) is 17.7 Å². The van der Waals surface area contributed by atoms with E-state index in [-0.39, 0.29) is 0 Å². The Hall–Kier alpha value is -1.70. The van der Waals surface area contributed by atoms with Crippen molar-refractivity contribution < 1.29 is 8.42 Å². The molecule has 22 heavy (non-hydrogen) atoms. The van der Waals surface area contributed by atoms with Crippen LogP contribution in [0.4, 0.5) is 0 Å². The molecule has 3 rings (SSSR count). The molecular formula is C15H20N4O2S. The van der Waals surface area contributed by atoms with E-state index in [0.29, 0.717) is 4.90 Å². The van der Waals surface area contributed by atoms with Crippen molar-refractivity contribution in [3.05, 3.63) is 48.0 Å². The summed E-state index contributed by atoms with van der Waals surface area (Å²) in [6.45, 7) is 3.38. The highest BCUT2D eigenvalue weighted by molar-refractivity contribution is 7.89. The summed E-state index contributed by atoms with van der Waals surface area (Å²) < 4.78 is 27.8. The van der Waals surface area contributed by atoms with Crippen LogP contribution in [-0.4, -0.2) is 47.8 Å². The van der Waals surface area contributed by atoms with Gasteiger partial charge in [0.1, 0.15) is 5.82 Å². The van der Waals surface area contributed by atoms with E-state index < -0.39 is 10.0 Å². The molecule has 2 heterocycles. The molecule has 0 spiro atoms. The van der Waals surface area contributed by atoms with Crippen LogP contribution in [0.3, 0.4) is 0 Å². The number of benzene rings is 1. The van der Waals surface area contributed by atoms with Gasteiger partial charge in [0.15, 0.2) is 0 Å². The lowest BCUT2D eigenvalue weighted by Gasteiger charge is -2.27. The van der Waals surface area contributed by atoms with Gasteiger partial charge in [0.05, 0.1) is 11.4 Å². The lowest BCUT2D eigenvalue weighted by molar-refractivity contribution is 0.208. The van der Waals surface area contributed by atoms with E-state index in [0.717, 1.165) is 37.6 Å². The van der Waals surface area contributed by atoms with Crippen LogP contribution in [0.5, 0.6) is 0 Å². The van der Waals surface area contributed by atoms with Crippen LogP contribution >= 0.6 is 0 Å². The highest BCUT2D eigenvalue weighted by Gasteiger charge is 2.19. The van der Waals surface area contributed by atoms with Gasteiger partial charge >= 0.3 is 0 Å². The van der Waals surface area contributed by atoms with Crippen LogP contribution < -0.4 is 0 Å². The lowest BCUT2D eigenvalue weighted by Crippen LogP contribution is -2.33. The number of hydrogen-bond donors (Lipinski definition) is 0. The highest BCUT2D eigenvalue weighted by Crippen LogP contribution is 2.18. The summed E-state index contributed by atoms with van der Waals surface area (Å²) in [4.78, 5) is 6.97. The normalized spacial score (nSPS) is 16.0. The minimum atomic E-state index is -3.38. The first kappa shape index (κ1) is 15.2. The number of fused-ring (bicyclic) bond motifs is 1. The van der Waals surface area contributed by atoms with Crippen molar-refractivity contribution in [2.75, 3.05) is 20.6 Å². The Bertz CT molecular complexity index is 767. The summed E-state index contributed by atoms with van der Waals surface area (Å²) in [6.07, 6.45) is 3.82. The maximum atomic E-state index is 12.2. The fourth-order valence-corrected chi connectivity index (χ4v) is 3.60. The van der Waals surface area contributed by atoms with Crippen LogP contribution in [0.15, 0.2) is 41.6 Å². The third-order valence-electron chi connectivity index (χ3n) is 3.91. The zero-order valence-electron chi connectivity index (χ0n) is 12.8. The Kier molecular flexibility index (Phi) is 4.03. The summed E-state index contributed by atoms with van der Waals surface area (Å²) in [5.74, 6) is 1.06. The van der Waals surface area contributed by atoms with E-state index in [2.05, 4.69) is 14.5 Å². The van der Waals surface area contributed by atoms with Crippen LogP contribution in [0.2, 0.25) is 0 Å². The van der Waals surface area contributed by atoms with E-state index in [1.54, 1.807) is 32.3 Å². The first-order chi connectivity index (χ1) is 10.5. The third-order valence-corrected chi connectivity index (χ3v) is 5.72. The van der Waals surface area contributed by atoms with E-state index in [9.17, 15) is 8.42 Å². The van der Waals surface area contributed by atoms with Gasteiger partial charge in [-0.25, -0.2) is 17.7 Å². The Morgan fingerprint density at radius 2 is 2.09 bits per heavy atom. The molecule has 0 saturated heterocycles. The molecule has 0 radical (unpaired) electrons. The molecule has 1 aromatic carbocycles. The van der Waals surface area contributed by atoms with Crippen LogP contribution in [-0.2, 0) is 29.7 Å². The zero-order valence-corrected chi connectivity index (χ0v) is 13.6. The summed E-state index contributed by atoms with van der Waals surface area (Å²) in [7, 11) is -0.285. The molecule has 1 aromatic heterocycles. The molecule has 6 nitrogen and oxygen atoms in total.